The van der Waals surface area contributed by atoms with Crippen LogP contribution in [0.2, 0.25) is 0 Å². The third kappa shape index (κ3) is 9.37. The zero-order valence-corrected chi connectivity index (χ0v) is 23.5. The summed E-state index contributed by atoms with van der Waals surface area (Å²) in [5.74, 6) is -0.317. The first-order valence-electron chi connectivity index (χ1n) is 13.8. The highest BCUT2D eigenvalue weighted by Crippen LogP contribution is 2.19. The summed E-state index contributed by atoms with van der Waals surface area (Å²) in [7, 11) is 1.73. The van der Waals surface area contributed by atoms with Gasteiger partial charge >= 0.3 is 0 Å². The molecule has 1 aliphatic heterocycles. The van der Waals surface area contributed by atoms with Crippen molar-refractivity contribution in [1.82, 2.24) is 26.6 Å². The van der Waals surface area contributed by atoms with Crippen molar-refractivity contribution in [2.45, 2.75) is 58.2 Å². The van der Waals surface area contributed by atoms with Crippen molar-refractivity contribution in [3.05, 3.63) is 65.2 Å². The van der Waals surface area contributed by atoms with Crippen LogP contribution >= 0.6 is 0 Å². The predicted octanol–water partition coefficient (Wildman–Crippen LogP) is 1.48. The maximum absolute atomic E-state index is 13.5. The minimum Gasteiger partial charge on any atom is -0.492 e. The maximum Gasteiger partial charge on any atom is 0.243 e. The van der Waals surface area contributed by atoms with Crippen molar-refractivity contribution in [2.75, 3.05) is 33.3 Å². The number of likely N-dealkylation sites (N-methyl/N-ethyl adjacent to an activating group) is 1. The Morgan fingerprint density at radius 3 is 2.49 bits per heavy atom. The van der Waals surface area contributed by atoms with Crippen molar-refractivity contribution < 1.29 is 19.1 Å². The largest absolute Gasteiger partial charge is 0.492 e. The Morgan fingerprint density at radius 2 is 1.74 bits per heavy atom. The van der Waals surface area contributed by atoms with Gasteiger partial charge in [0.05, 0.1) is 6.04 Å². The normalized spacial score (nSPS) is 22.0. The van der Waals surface area contributed by atoms with Gasteiger partial charge in [-0.05, 0) is 56.3 Å². The van der Waals surface area contributed by atoms with E-state index in [4.69, 9.17) is 4.74 Å². The van der Waals surface area contributed by atoms with Crippen LogP contribution in [0.5, 0.6) is 5.75 Å². The molecule has 3 rings (SSSR count). The van der Waals surface area contributed by atoms with Crippen LogP contribution < -0.4 is 31.3 Å². The molecule has 3 amide bonds. The number of hydrogen-bond donors (Lipinski definition) is 5. The fraction of sp³-hybridized carbons (Fsp3) is 0.500. The second kappa shape index (κ2) is 15.2. The summed E-state index contributed by atoms with van der Waals surface area (Å²) < 4.78 is 6.08. The van der Waals surface area contributed by atoms with Crippen molar-refractivity contribution in [2.24, 2.45) is 5.92 Å². The van der Waals surface area contributed by atoms with E-state index in [0.717, 1.165) is 35.3 Å². The van der Waals surface area contributed by atoms with E-state index in [-0.39, 0.29) is 30.2 Å². The van der Waals surface area contributed by atoms with Crippen LogP contribution in [-0.2, 0) is 27.2 Å². The molecule has 1 aliphatic rings. The summed E-state index contributed by atoms with van der Waals surface area (Å²) in [6.45, 7) is 7.33. The van der Waals surface area contributed by atoms with E-state index in [2.05, 4.69) is 32.7 Å². The number of para-hydroxylation sites is 1. The van der Waals surface area contributed by atoms with Crippen LogP contribution in [0.15, 0.2) is 48.5 Å². The molecule has 1 heterocycles. The number of ether oxygens (including phenoxy) is 1. The second-order valence-corrected chi connectivity index (χ2v) is 10.4. The predicted molar refractivity (Wildman–Crippen MR) is 153 cm³/mol. The number of rotatable bonds is 5. The SMILES string of the molecule is CNC[C@@H]1NC(=O)[C@@H](C(C)C)NC(=O)[C@@H](Cc2cccc(C)c2)NCCOc2ccccc2CCCNC1=O. The van der Waals surface area contributed by atoms with Gasteiger partial charge in [-0.3, -0.25) is 14.4 Å². The lowest BCUT2D eigenvalue weighted by atomic mass is 10.00. The zero-order chi connectivity index (χ0) is 28.2. The molecule has 0 fully saturated rings. The number of aryl methyl sites for hydroxylation is 2. The Morgan fingerprint density at radius 1 is 0.949 bits per heavy atom. The third-order valence-corrected chi connectivity index (χ3v) is 6.77. The van der Waals surface area contributed by atoms with E-state index in [1.807, 2.05) is 63.2 Å². The molecule has 2 aromatic rings. The van der Waals surface area contributed by atoms with Gasteiger partial charge in [0.2, 0.25) is 17.7 Å². The van der Waals surface area contributed by atoms with Crippen molar-refractivity contribution in [3.63, 3.8) is 0 Å². The Hall–Kier alpha value is -3.43. The number of amides is 3. The summed E-state index contributed by atoms with van der Waals surface area (Å²) >= 11 is 0. The molecule has 0 aliphatic carbocycles. The van der Waals surface area contributed by atoms with E-state index in [9.17, 15) is 14.4 Å². The lowest BCUT2D eigenvalue weighted by Crippen LogP contribution is -2.59. The monoisotopic (exact) mass is 537 g/mol. The summed E-state index contributed by atoms with van der Waals surface area (Å²) in [4.78, 5) is 39.8. The fourth-order valence-electron chi connectivity index (χ4n) is 4.66. The molecule has 3 atom stereocenters. The molecule has 0 spiro atoms. The van der Waals surface area contributed by atoms with E-state index in [0.29, 0.717) is 26.1 Å². The molecule has 0 aromatic heterocycles. The van der Waals surface area contributed by atoms with Gasteiger partial charge in [-0.1, -0.05) is 61.9 Å². The Bertz CT molecular complexity index is 1110. The first kappa shape index (κ1) is 30.1. The number of carbonyl (C=O) groups is 3. The number of fused-ring (bicyclic) bond motifs is 1. The molecule has 2 aromatic carbocycles. The molecule has 0 saturated heterocycles. The van der Waals surface area contributed by atoms with Gasteiger partial charge in [-0.25, -0.2) is 0 Å². The lowest BCUT2D eigenvalue weighted by molar-refractivity contribution is -0.133. The van der Waals surface area contributed by atoms with E-state index in [1.165, 1.54) is 0 Å². The highest BCUT2D eigenvalue weighted by Gasteiger charge is 2.30. The van der Waals surface area contributed by atoms with Crippen LogP contribution in [-0.4, -0.2) is 69.1 Å². The summed E-state index contributed by atoms with van der Waals surface area (Å²) in [5, 5.41) is 15.0. The molecule has 0 saturated carbocycles. The van der Waals surface area contributed by atoms with Gasteiger partial charge in [0, 0.05) is 19.6 Å². The van der Waals surface area contributed by atoms with Crippen LogP contribution in [0.4, 0.5) is 0 Å². The zero-order valence-electron chi connectivity index (χ0n) is 23.5. The van der Waals surface area contributed by atoms with E-state index < -0.39 is 18.1 Å². The summed E-state index contributed by atoms with van der Waals surface area (Å²) in [5.41, 5.74) is 3.19. The number of benzene rings is 2. The average Bonchev–Trinajstić information content (AvgIpc) is 2.90. The quantitative estimate of drug-likeness (QED) is 0.394. The molecular weight excluding hydrogens is 494 g/mol. The minimum absolute atomic E-state index is 0.183. The van der Waals surface area contributed by atoms with Crippen LogP contribution in [0, 0.1) is 12.8 Å². The van der Waals surface area contributed by atoms with Gasteiger partial charge in [0.1, 0.15) is 24.4 Å². The van der Waals surface area contributed by atoms with Crippen molar-refractivity contribution >= 4 is 17.7 Å². The first-order valence-corrected chi connectivity index (χ1v) is 13.8. The first-order chi connectivity index (χ1) is 18.8. The third-order valence-electron chi connectivity index (χ3n) is 6.77. The molecule has 39 heavy (non-hydrogen) atoms. The van der Waals surface area contributed by atoms with Crippen LogP contribution in [0.1, 0.15) is 37.0 Å². The molecule has 0 unspecified atom stereocenters. The Balaban J connectivity index is 1.86. The van der Waals surface area contributed by atoms with Crippen LogP contribution in [0.3, 0.4) is 0 Å². The smallest absolute Gasteiger partial charge is 0.243 e. The second-order valence-electron chi connectivity index (χ2n) is 10.4. The molecular formula is C30H43N5O4. The molecule has 0 bridgehead atoms. The van der Waals surface area contributed by atoms with Gasteiger partial charge in [-0.15, -0.1) is 0 Å². The van der Waals surface area contributed by atoms with Crippen LogP contribution in [0.25, 0.3) is 0 Å². The number of carbonyl (C=O) groups excluding carboxylic acids is 3. The van der Waals surface area contributed by atoms with Gasteiger partial charge in [0.15, 0.2) is 0 Å². The standard InChI is InChI=1S/C30H43N5O4/c1-20(2)27-30(38)34-25(19-31-4)28(36)33-14-8-12-23-11-5-6-13-26(23)39-16-15-32-24(29(37)35-27)18-22-10-7-9-21(3)17-22/h5-7,9-11,13,17,20,24-25,27,31-32H,8,12,14-16,18-19H2,1-4H3,(H,33,36)(H,34,38)(H,35,37)/t24-,25+,27-/m1/s1. The van der Waals surface area contributed by atoms with E-state index in [1.54, 1.807) is 7.05 Å². The van der Waals surface area contributed by atoms with Crippen molar-refractivity contribution in [3.8, 4) is 5.75 Å². The molecule has 9 heteroatoms. The molecule has 5 N–H and O–H groups in total. The lowest BCUT2D eigenvalue weighted by Gasteiger charge is -2.27. The fourth-order valence-corrected chi connectivity index (χ4v) is 4.66. The highest BCUT2D eigenvalue weighted by atomic mass is 16.5. The van der Waals surface area contributed by atoms with Gasteiger partial charge in [0.25, 0.3) is 0 Å². The Labute approximate surface area is 231 Å². The summed E-state index contributed by atoms with van der Waals surface area (Å²) in [6, 6.07) is 13.8. The molecule has 212 valence electrons. The molecule has 9 nitrogen and oxygen atoms in total. The Kier molecular flexibility index (Phi) is 11.8. The average molecular weight is 538 g/mol. The minimum atomic E-state index is -0.798. The van der Waals surface area contributed by atoms with Gasteiger partial charge in [-0.2, -0.15) is 0 Å². The van der Waals surface area contributed by atoms with E-state index >= 15 is 0 Å². The maximum atomic E-state index is 13.5. The van der Waals surface area contributed by atoms with Gasteiger partial charge < -0.3 is 31.3 Å². The number of hydrogen-bond acceptors (Lipinski definition) is 6. The number of nitrogens with one attached hydrogen (secondary N) is 5. The topological polar surface area (TPSA) is 121 Å². The molecule has 0 radical (unpaired) electrons. The van der Waals surface area contributed by atoms with Crippen molar-refractivity contribution in [1.29, 1.82) is 0 Å². The highest BCUT2D eigenvalue weighted by molar-refractivity contribution is 5.93. The summed E-state index contributed by atoms with van der Waals surface area (Å²) in [6.07, 6.45) is 1.93.